The van der Waals surface area contributed by atoms with Crippen molar-refractivity contribution in [1.29, 1.82) is 0 Å². The second-order valence-electron chi connectivity index (χ2n) is 7.33. The molecule has 132 valence electrons. The molecule has 25 heavy (non-hydrogen) atoms. The quantitative estimate of drug-likeness (QED) is 0.856. The van der Waals surface area contributed by atoms with Gasteiger partial charge in [0.15, 0.2) is 0 Å². The second kappa shape index (κ2) is 6.59. The van der Waals surface area contributed by atoms with Crippen LogP contribution in [0.15, 0.2) is 41.3 Å². The number of likely N-dealkylation sites (tertiary alicyclic amines) is 1. The summed E-state index contributed by atoms with van der Waals surface area (Å²) in [5.41, 5.74) is 0.986. The van der Waals surface area contributed by atoms with Crippen LogP contribution in [-0.4, -0.2) is 52.1 Å². The lowest BCUT2D eigenvalue weighted by atomic mass is 9.58. The lowest BCUT2D eigenvalue weighted by molar-refractivity contribution is -0.0590. The maximum Gasteiger partial charge on any atom is 0.255 e. The van der Waals surface area contributed by atoms with Gasteiger partial charge in [0.25, 0.3) is 5.91 Å². The van der Waals surface area contributed by atoms with Gasteiger partial charge in [-0.1, -0.05) is 0 Å². The van der Waals surface area contributed by atoms with Crippen molar-refractivity contribution >= 4 is 5.91 Å². The Hall–Kier alpha value is -2.21. The fraction of sp³-hybridized carbons (Fsp3) is 0.526. The molecule has 0 N–H and O–H groups in total. The van der Waals surface area contributed by atoms with E-state index in [0.717, 1.165) is 38.2 Å². The average Bonchev–Trinajstić information content (AvgIpc) is 3.14. The molecule has 0 aromatic carbocycles. The smallest absolute Gasteiger partial charge is 0.255 e. The van der Waals surface area contributed by atoms with Gasteiger partial charge in [-0.2, -0.15) is 10.2 Å². The topological polar surface area (TPSA) is 62.5 Å². The molecule has 2 fully saturated rings. The molecule has 1 aliphatic carbocycles. The molecular weight excluding hydrogens is 316 g/mol. The summed E-state index contributed by atoms with van der Waals surface area (Å²) in [5, 5.41) is 7.56. The number of amides is 1. The molecule has 6 heteroatoms. The maximum absolute atomic E-state index is 12.6. The Labute approximate surface area is 147 Å². The number of aromatic nitrogens is 2. The molecule has 1 atom stereocenters. The molecule has 2 aliphatic rings. The van der Waals surface area contributed by atoms with Crippen LogP contribution in [0.4, 0.5) is 0 Å². The Morgan fingerprint density at radius 3 is 2.76 bits per heavy atom. The molecule has 0 radical (unpaired) electrons. The van der Waals surface area contributed by atoms with Crippen molar-refractivity contribution in [3.8, 4) is 0 Å². The van der Waals surface area contributed by atoms with Crippen molar-refractivity contribution in [2.75, 3.05) is 20.1 Å². The molecule has 2 aromatic heterocycles. The molecule has 1 spiro atoms. The summed E-state index contributed by atoms with van der Waals surface area (Å²) >= 11 is 0. The zero-order chi connectivity index (χ0) is 17.3. The summed E-state index contributed by atoms with van der Waals surface area (Å²) in [6, 6.07) is 6.30. The molecule has 1 saturated carbocycles. The largest absolute Gasteiger partial charge is 0.468 e. The summed E-state index contributed by atoms with van der Waals surface area (Å²) in [5.74, 6) is 1.09. The Bertz CT molecular complexity index is 708. The zero-order valence-electron chi connectivity index (χ0n) is 14.6. The third kappa shape index (κ3) is 3.06. The molecule has 4 rings (SSSR count). The Kier molecular flexibility index (Phi) is 4.29. The number of furan rings is 1. The van der Waals surface area contributed by atoms with E-state index in [9.17, 15) is 4.79 Å². The predicted molar refractivity (Wildman–Crippen MR) is 92.8 cm³/mol. The molecule has 1 aliphatic heterocycles. The van der Waals surface area contributed by atoms with Gasteiger partial charge in [0, 0.05) is 19.1 Å². The van der Waals surface area contributed by atoms with Crippen LogP contribution in [0, 0.1) is 5.41 Å². The number of rotatable bonds is 4. The minimum absolute atomic E-state index is 0.0737. The van der Waals surface area contributed by atoms with Gasteiger partial charge in [-0.15, -0.1) is 0 Å². The summed E-state index contributed by atoms with van der Waals surface area (Å²) in [7, 11) is 2.19. The van der Waals surface area contributed by atoms with E-state index in [1.807, 2.05) is 17.0 Å². The van der Waals surface area contributed by atoms with Crippen LogP contribution in [0.2, 0.25) is 0 Å². The third-order valence-electron chi connectivity index (χ3n) is 6.02. The van der Waals surface area contributed by atoms with Gasteiger partial charge in [-0.05, 0) is 56.3 Å². The number of piperidine rings is 1. The fourth-order valence-electron chi connectivity index (χ4n) is 4.47. The highest BCUT2D eigenvalue weighted by molar-refractivity contribution is 5.93. The molecule has 1 amide bonds. The number of nitrogens with zero attached hydrogens (tertiary/aromatic N) is 4. The van der Waals surface area contributed by atoms with Gasteiger partial charge in [0.1, 0.15) is 5.76 Å². The highest BCUT2D eigenvalue weighted by atomic mass is 16.3. The van der Waals surface area contributed by atoms with E-state index < -0.39 is 0 Å². The van der Waals surface area contributed by atoms with E-state index in [0.29, 0.717) is 17.0 Å². The predicted octanol–water partition coefficient (Wildman–Crippen LogP) is 2.59. The van der Waals surface area contributed by atoms with Crippen LogP contribution in [0.3, 0.4) is 0 Å². The lowest BCUT2D eigenvalue weighted by Gasteiger charge is -2.56. The van der Waals surface area contributed by atoms with E-state index >= 15 is 0 Å². The summed E-state index contributed by atoms with van der Waals surface area (Å²) in [6.45, 7) is 2.50. The number of hydrogen-bond donors (Lipinski definition) is 0. The van der Waals surface area contributed by atoms with Crippen LogP contribution < -0.4 is 0 Å². The molecule has 3 heterocycles. The lowest BCUT2D eigenvalue weighted by Crippen LogP contribution is -2.58. The first-order valence-electron chi connectivity index (χ1n) is 8.97. The Balaban J connectivity index is 1.37. The Morgan fingerprint density at radius 2 is 2.16 bits per heavy atom. The Morgan fingerprint density at radius 1 is 1.32 bits per heavy atom. The molecule has 0 unspecified atom stereocenters. The summed E-state index contributed by atoms with van der Waals surface area (Å²) in [4.78, 5) is 17.0. The normalized spacial score (nSPS) is 22.2. The van der Waals surface area contributed by atoms with Crippen molar-refractivity contribution in [1.82, 2.24) is 20.0 Å². The molecule has 0 bridgehead atoms. The van der Waals surface area contributed by atoms with E-state index in [2.05, 4.69) is 22.1 Å². The zero-order valence-corrected chi connectivity index (χ0v) is 14.6. The number of hydrogen-bond acceptors (Lipinski definition) is 5. The third-order valence-corrected chi connectivity index (χ3v) is 6.02. The van der Waals surface area contributed by atoms with Crippen molar-refractivity contribution in [3.05, 3.63) is 48.2 Å². The van der Waals surface area contributed by atoms with E-state index in [1.165, 1.54) is 12.8 Å². The van der Waals surface area contributed by atoms with Gasteiger partial charge in [-0.25, -0.2) is 0 Å². The highest BCUT2D eigenvalue weighted by Crippen LogP contribution is 2.51. The molecular formula is C19H24N4O2. The van der Waals surface area contributed by atoms with Crippen LogP contribution >= 0.6 is 0 Å². The standard InChI is InChI=1S/C19H24N4O2/c1-22(14-16-3-2-12-25-16)17-4-6-19(17)7-10-23(11-8-19)18(24)15-5-9-20-21-13-15/h2-3,5,9,12-13,17H,4,6-8,10-11,14H2,1H3/t17-/m0/s1. The average molecular weight is 340 g/mol. The monoisotopic (exact) mass is 340 g/mol. The first-order chi connectivity index (χ1) is 12.2. The van der Waals surface area contributed by atoms with Crippen molar-refractivity contribution in [2.24, 2.45) is 5.41 Å². The summed E-state index contributed by atoms with van der Waals surface area (Å²) < 4.78 is 5.49. The molecule has 2 aromatic rings. The van der Waals surface area contributed by atoms with Crippen molar-refractivity contribution in [2.45, 2.75) is 38.3 Å². The van der Waals surface area contributed by atoms with E-state index in [-0.39, 0.29) is 5.91 Å². The molecule has 1 saturated heterocycles. The van der Waals surface area contributed by atoms with Gasteiger partial charge in [0.2, 0.25) is 0 Å². The van der Waals surface area contributed by atoms with Crippen molar-refractivity contribution < 1.29 is 9.21 Å². The van der Waals surface area contributed by atoms with Crippen LogP contribution in [-0.2, 0) is 6.54 Å². The number of carbonyl (C=O) groups excluding carboxylic acids is 1. The van der Waals surface area contributed by atoms with Gasteiger partial charge < -0.3 is 9.32 Å². The number of carbonyl (C=O) groups is 1. The molecule has 6 nitrogen and oxygen atoms in total. The first-order valence-corrected chi connectivity index (χ1v) is 8.97. The SMILES string of the molecule is CN(Cc1ccco1)[C@H]1CCC12CCN(C(=O)c1ccnnc1)CC2. The highest BCUT2D eigenvalue weighted by Gasteiger charge is 2.50. The van der Waals surface area contributed by atoms with Crippen LogP contribution in [0.1, 0.15) is 41.8 Å². The maximum atomic E-state index is 12.6. The second-order valence-corrected chi connectivity index (χ2v) is 7.33. The van der Waals surface area contributed by atoms with Crippen molar-refractivity contribution in [3.63, 3.8) is 0 Å². The van der Waals surface area contributed by atoms with Crippen LogP contribution in [0.5, 0.6) is 0 Å². The van der Waals surface area contributed by atoms with Crippen LogP contribution in [0.25, 0.3) is 0 Å². The minimum atomic E-state index is 0.0737. The van der Waals surface area contributed by atoms with E-state index in [4.69, 9.17) is 4.42 Å². The van der Waals surface area contributed by atoms with Gasteiger partial charge in [-0.3, -0.25) is 9.69 Å². The van der Waals surface area contributed by atoms with Gasteiger partial charge >= 0.3 is 0 Å². The van der Waals surface area contributed by atoms with E-state index in [1.54, 1.807) is 24.7 Å². The fourth-order valence-corrected chi connectivity index (χ4v) is 4.47. The minimum Gasteiger partial charge on any atom is -0.468 e. The summed E-state index contributed by atoms with van der Waals surface area (Å²) in [6.07, 6.45) is 9.51. The van der Waals surface area contributed by atoms with Gasteiger partial charge in [0.05, 0.1) is 30.8 Å². The first kappa shape index (κ1) is 16.3.